The van der Waals surface area contributed by atoms with E-state index >= 15 is 0 Å². The third-order valence-corrected chi connectivity index (χ3v) is 7.15. The van der Waals surface area contributed by atoms with Crippen molar-refractivity contribution in [2.45, 2.75) is 25.5 Å². The SMILES string of the molecule is CN(C)c1ccc([C@H]2OCC(C)(C)n3c(-c4ccc(Cl)cc4)c4c(=O)n(C)c(=O)n(C)c4c32)cc1. The molecule has 1 aliphatic rings. The Bertz CT molecular complexity index is 1560. The van der Waals surface area contributed by atoms with Crippen LogP contribution in [0, 0.1) is 0 Å². The summed E-state index contributed by atoms with van der Waals surface area (Å²) in [5.41, 5.74) is 3.90. The summed E-state index contributed by atoms with van der Waals surface area (Å²) in [5, 5.41) is 1.12. The second kappa shape index (κ2) is 8.14. The molecule has 0 aliphatic carbocycles. The minimum absolute atomic E-state index is 0.326. The maximum atomic E-state index is 13.6. The van der Waals surface area contributed by atoms with Gasteiger partial charge in [-0.3, -0.25) is 13.9 Å². The fourth-order valence-electron chi connectivity index (χ4n) is 5.08. The number of fused-ring (bicyclic) bond motifs is 3. The van der Waals surface area contributed by atoms with Crippen molar-refractivity contribution in [2.24, 2.45) is 14.1 Å². The molecule has 0 N–H and O–H groups in total. The smallest absolute Gasteiger partial charge is 0.331 e. The predicted octanol–water partition coefficient (Wildman–Crippen LogP) is 4.28. The summed E-state index contributed by atoms with van der Waals surface area (Å²) < 4.78 is 11.4. The molecule has 0 amide bonds. The number of benzene rings is 2. The van der Waals surface area contributed by atoms with Crippen molar-refractivity contribution in [3.8, 4) is 11.3 Å². The molecule has 1 atom stereocenters. The van der Waals surface area contributed by atoms with Crippen molar-refractivity contribution >= 4 is 28.2 Å². The zero-order chi connectivity index (χ0) is 25.2. The van der Waals surface area contributed by atoms with Crippen LogP contribution in [0.4, 0.5) is 5.69 Å². The lowest BCUT2D eigenvalue weighted by molar-refractivity contribution is -0.00706. The zero-order valence-electron chi connectivity index (χ0n) is 20.8. The van der Waals surface area contributed by atoms with E-state index in [-0.39, 0.29) is 11.2 Å². The summed E-state index contributed by atoms with van der Waals surface area (Å²) in [6.45, 7) is 4.61. The molecule has 182 valence electrons. The highest BCUT2D eigenvalue weighted by Gasteiger charge is 2.40. The molecule has 0 fully saturated rings. The van der Waals surface area contributed by atoms with Gasteiger partial charge in [0.25, 0.3) is 5.56 Å². The molecule has 3 heterocycles. The van der Waals surface area contributed by atoms with E-state index in [0.29, 0.717) is 22.5 Å². The van der Waals surface area contributed by atoms with E-state index in [1.807, 2.05) is 67.5 Å². The molecule has 0 spiro atoms. The van der Waals surface area contributed by atoms with Crippen LogP contribution in [0.15, 0.2) is 58.1 Å². The van der Waals surface area contributed by atoms with Gasteiger partial charge in [0, 0.05) is 38.9 Å². The van der Waals surface area contributed by atoms with Gasteiger partial charge in [-0.2, -0.15) is 0 Å². The minimum atomic E-state index is -0.468. The monoisotopic (exact) mass is 492 g/mol. The first kappa shape index (κ1) is 23.5. The highest BCUT2D eigenvalue weighted by molar-refractivity contribution is 6.30. The number of ether oxygens (including phenoxy) is 1. The molecule has 8 heteroatoms. The fraction of sp³-hybridized carbons (Fsp3) is 0.333. The number of aryl methyl sites for hydroxylation is 1. The van der Waals surface area contributed by atoms with Crippen LogP contribution in [0.2, 0.25) is 5.02 Å². The van der Waals surface area contributed by atoms with E-state index in [4.69, 9.17) is 16.3 Å². The number of rotatable bonds is 3. The molecule has 0 saturated heterocycles. The standard InChI is InChI=1S/C27H29ClN4O3/c1-27(2)15-35-24(17-9-13-19(14-10-17)29(3)4)23-22-20(25(33)31(6)26(34)30(22)5)21(32(23)27)16-7-11-18(28)12-8-16/h7-14,24H,15H2,1-6H3/t24-/m1/s1. The topological polar surface area (TPSA) is 61.4 Å². The van der Waals surface area contributed by atoms with Gasteiger partial charge in [-0.05, 0) is 49.2 Å². The highest BCUT2D eigenvalue weighted by Crippen LogP contribution is 2.45. The van der Waals surface area contributed by atoms with Crippen LogP contribution in [-0.4, -0.2) is 34.4 Å². The van der Waals surface area contributed by atoms with Crippen molar-refractivity contribution in [3.63, 3.8) is 0 Å². The van der Waals surface area contributed by atoms with E-state index < -0.39 is 11.6 Å². The average Bonchev–Trinajstić information content (AvgIpc) is 3.20. The largest absolute Gasteiger partial charge is 0.378 e. The zero-order valence-corrected chi connectivity index (χ0v) is 21.6. The quantitative estimate of drug-likeness (QED) is 0.428. The van der Waals surface area contributed by atoms with Crippen LogP contribution in [0.5, 0.6) is 0 Å². The Morgan fingerprint density at radius 1 is 0.971 bits per heavy atom. The van der Waals surface area contributed by atoms with E-state index in [1.165, 1.54) is 11.6 Å². The molecule has 2 aromatic heterocycles. The van der Waals surface area contributed by atoms with E-state index in [0.717, 1.165) is 28.2 Å². The van der Waals surface area contributed by atoms with Gasteiger partial charge in [0.1, 0.15) is 6.10 Å². The number of anilines is 1. The van der Waals surface area contributed by atoms with Gasteiger partial charge >= 0.3 is 5.69 Å². The van der Waals surface area contributed by atoms with Crippen molar-refractivity contribution in [3.05, 3.63) is 85.6 Å². The summed E-state index contributed by atoms with van der Waals surface area (Å²) in [5.74, 6) is 0. The lowest BCUT2D eigenvalue weighted by atomic mass is 9.98. The molecular weight excluding hydrogens is 464 g/mol. The van der Waals surface area contributed by atoms with Crippen molar-refractivity contribution < 1.29 is 4.74 Å². The Balaban J connectivity index is 1.93. The molecular formula is C27H29ClN4O3. The van der Waals surface area contributed by atoms with Gasteiger partial charge in [-0.25, -0.2) is 4.79 Å². The maximum Gasteiger partial charge on any atom is 0.331 e. The fourth-order valence-corrected chi connectivity index (χ4v) is 5.21. The molecule has 1 aliphatic heterocycles. The van der Waals surface area contributed by atoms with Crippen molar-refractivity contribution in [1.82, 2.24) is 13.7 Å². The van der Waals surface area contributed by atoms with Gasteiger partial charge in [0.05, 0.1) is 34.4 Å². The third kappa shape index (κ3) is 3.53. The van der Waals surface area contributed by atoms with Gasteiger partial charge in [0.15, 0.2) is 0 Å². The average molecular weight is 493 g/mol. The molecule has 4 aromatic rings. The number of halogens is 1. The summed E-state index contributed by atoms with van der Waals surface area (Å²) >= 11 is 6.19. The van der Waals surface area contributed by atoms with Gasteiger partial charge < -0.3 is 14.2 Å². The van der Waals surface area contributed by atoms with E-state index in [2.05, 4.69) is 18.4 Å². The van der Waals surface area contributed by atoms with Crippen LogP contribution >= 0.6 is 11.6 Å². The second-order valence-corrected chi connectivity index (χ2v) is 10.4. The first-order valence-electron chi connectivity index (χ1n) is 11.5. The first-order valence-corrected chi connectivity index (χ1v) is 11.9. The van der Waals surface area contributed by atoms with Crippen LogP contribution in [0.25, 0.3) is 22.2 Å². The summed E-state index contributed by atoms with van der Waals surface area (Å²) in [7, 11) is 7.23. The Morgan fingerprint density at radius 3 is 2.20 bits per heavy atom. The van der Waals surface area contributed by atoms with Crippen molar-refractivity contribution in [2.75, 3.05) is 25.6 Å². The molecule has 7 nitrogen and oxygen atoms in total. The maximum absolute atomic E-state index is 13.6. The van der Waals surface area contributed by atoms with Gasteiger partial charge in [0.2, 0.25) is 0 Å². The molecule has 35 heavy (non-hydrogen) atoms. The van der Waals surface area contributed by atoms with Crippen LogP contribution in [0.1, 0.15) is 31.2 Å². The molecule has 0 radical (unpaired) electrons. The summed E-state index contributed by atoms with van der Waals surface area (Å²) in [6, 6.07) is 15.7. The van der Waals surface area contributed by atoms with Gasteiger partial charge in [-0.1, -0.05) is 35.9 Å². The Kier molecular flexibility index (Phi) is 5.45. The minimum Gasteiger partial charge on any atom is -0.378 e. The molecule has 0 bridgehead atoms. The van der Waals surface area contributed by atoms with Crippen molar-refractivity contribution in [1.29, 1.82) is 0 Å². The molecule has 2 aromatic carbocycles. The molecule has 0 unspecified atom stereocenters. The highest BCUT2D eigenvalue weighted by atomic mass is 35.5. The lowest BCUT2D eigenvalue weighted by Gasteiger charge is -2.39. The Hall–Kier alpha value is -3.29. The Morgan fingerprint density at radius 2 is 1.60 bits per heavy atom. The van der Waals surface area contributed by atoms with E-state index in [1.54, 1.807) is 11.6 Å². The molecule has 0 saturated carbocycles. The van der Waals surface area contributed by atoms with Crippen LogP contribution < -0.4 is 16.1 Å². The van der Waals surface area contributed by atoms with Crippen LogP contribution in [-0.2, 0) is 24.4 Å². The predicted molar refractivity (Wildman–Crippen MR) is 141 cm³/mol. The lowest BCUT2D eigenvalue weighted by Crippen LogP contribution is -2.40. The van der Waals surface area contributed by atoms with Gasteiger partial charge in [-0.15, -0.1) is 0 Å². The first-order chi connectivity index (χ1) is 16.5. The number of hydrogen-bond donors (Lipinski definition) is 0. The van der Waals surface area contributed by atoms with E-state index in [9.17, 15) is 9.59 Å². The number of aromatic nitrogens is 3. The Labute approximate surface area is 208 Å². The molecule has 5 rings (SSSR count). The summed E-state index contributed by atoms with van der Waals surface area (Å²) in [6.07, 6.45) is -0.444. The number of hydrogen-bond acceptors (Lipinski definition) is 4. The third-order valence-electron chi connectivity index (χ3n) is 6.90. The normalized spacial score (nSPS) is 16.9. The second-order valence-electron chi connectivity index (χ2n) is 9.99. The van der Waals surface area contributed by atoms with Crippen LogP contribution in [0.3, 0.4) is 0 Å². The summed E-state index contributed by atoms with van der Waals surface area (Å²) in [4.78, 5) is 28.7. The number of nitrogens with zero attached hydrogens (tertiary/aromatic N) is 4.